The molecule has 1 fully saturated rings. The number of hydrogen-bond acceptors (Lipinski definition) is 16. The van der Waals surface area contributed by atoms with Gasteiger partial charge in [0.1, 0.15) is 40.1 Å². The molecule has 17 nitrogen and oxygen atoms in total. The number of Topliss-reactive ketones (excluding diaryl/α,β-unsaturated/α-hetero) is 1. The summed E-state index contributed by atoms with van der Waals surface area (Å²) in [5.41, 5.74) is 0.717. The number of piperidine rings is 1. The number of methoxy groups -OCH3 is 3. The number of fused-ring (bicyclic) bond motifs is 1. The summed E-state index contributed by atoms with van der Waals surface area (Å²) in [5, 5.41) is 51.1. The highest BCUT2D eigenvalue weighted by Gasteiger charge is 2.52. The van der Waals surface area contributed by atoms with Crippen LogP contribution in [-0.2, 0) is 23.8 Å². The number of likely N-dealkylation sites (tertiary alicyclic amines) is 1. The lowest BCUT2D eigenvalue weighted by Gasteiger charge is -2.47. The van der Waals surface area contributed by atoms with Crippen LogP contribution in [0.4, 0.5) is 5.69 Å². The summed E-state index contributed by atoms with van der Waals surface area (Å²) in [7, 11) is 4.67. The number of anilines is 1. The van der Waals surface area contributed by atoms with Gasteiger partial charge in [-0.2, -0.15) is 0 Å². The fourth-order valence-corrected chi connectivity index (χ4v) is 11.4. The van der Waals surface area contributed by atoms with Crippen LogP contribution in [-0.4, -0.2) is 107 Å². The highest BCUT2D eigenvalue weighted by atomic mass is 16.7. The lowest BCUT2D eigenvalue weighted by atomic mass is 9.78. The molecule has 404 valence electrons. The molecule has 76 heavy (non-hydrogen) atoms. The van der Waals surface area contributed by atoms with Crippen molar-refractivity contribution in [2.45, 2.75) is 116 Å². The number of amides is 1. The van der Waals surface area contributed by atoms with E-state index in [1.54, 1.807) is 80.1 Å². The van der Waals surface area contributed by atoms with E-state index in [-0.39, 0.29) is 61.7 Å². The van der Waals surface area contributed by atoms with Gasteiger partial charge in [0, 0.05) is 92.6 Å². The molecule has 4 aliphatic rings. The van der Waals surface area contributed by atoms with Gasteiger partial charge >= 0.3 is 11.8 Å². The van der Waals surface area contributed by atoms with Crippen LogP contribution in [0, 0.1) is 30.6 Å². The van der Waals surface area contributed by atoms with Crippen LogP contribution in [0.2, 0.25) is 0 Å². The molecule has 1 saturated heterocycles. The predicted octanol–water partition coefficient (Wildman–Crippen LogP) is 7.78. The second-order valence-electron chi connectivity index (χ2n) is 20.7. The third-order valence-corrected chi connectivity index (χ3v) is 15.8. The van der Waals surface area contributed by atoms with Gasteiger partial charge in [-0.15, -0.1) is 6.58 Å². The van der Waals surface area contributed by atoms with E-state index in [4.69, 9.17) is 38.4 Å². The maximum absolute atomic E-state index is 15.2. The zero-order chi connectivity index (χ0) is 55.1. The number of aliphatic hydroxyl groups is 2. The number of phenolic OH excluding ortho intramolecular Hbond substituents is 2. The summed E-state index contributed by atoms with van der Waals surface area (Å²) in [4.78, 5) is 55.5. The number of nitrogens with one attached hydrogen (secondary N) is 1. The van der Waals surface area contributed by atoms with Crippen molar-refractivity contribution in [2.24, 2.45) is 33.7 Å². The molecule has 5 N–H and O–H groups in total. The van der Waals surface area contributed by atoms with Crippen LogP contribution < -0.4 is 30.2 Å². The summed E-state index contributed by atoms with van der Waals surface area (Å²) in [5.74, 6) is -6.11. The molecule has 1 spiro atoms. The number of allylic oxidation sites excluding steroid dienone is 2. The van der Waals surface area contributed by atoms with E-state index in [0.717, 1.165) is 11.1 Å². The van der Waals surface area contributed by atoms with E-state index in [9.17, 15) is 30.0 Å². The lowest BCUT2D eigenvalue weighted by molar-refractivity contribution is -0.160. The fraction of sp³-hybridized carbons (Fsp3) is 0.441. The van der Waals surface area contributed by atoms with Crippen molar-refractivity contribution in [2.75, 3.05) is 33.2 Å². The van der Waals surface area contributed by atoms with E-state index in [2.05, 4.69) is 16.8 Å². The van der Waals surface area contributed by atoms with Crippen molar-refractivity contribution in [3.63, 3.8) is 0 Å². The maximum atomic E-state index is 15.2. The van der Waals surface area contributed by atoms with Crippen LogP contribution in [0.5, 0.6) is 28.7 Å². The van der Waals surface area contributed by atoms with Crippen LogP contribution in [0.3, 0.4) is 0 Å². The van der Waals surface area contributed by atoms with Gasteiger partial charge in [-0.05, 0) is 55.3 Å². The zero-order valence-electron chi connectivity index (χ0n) is 45.0. The molecule has 12 atom stereocenters. The quantitative estimate of drug-likeness (QED) is 0.0646. The van der Waals surface area contributed by atoms with Gasteiger partial charge in [0.2, 0.25) is 0 Å². The second-order valence-corrected chi connectivity index (χ2v) is 20.7. The molecule has 4 heterocycles. The number of rotatable bonds is 8. The first-order chi connectivity index (χ1) is 36.1. The largest absolute Gasteiger partial charge is 0.507 e. The number of aromatic hydroxyl groups is 2. The van der Waals surface area contributed by atoms with E-state index in [1.807, 2.05) is 54.6 Å². The second kappa shape index (κ2) is 21.9. The number of ether oxygens (including phenoxy) is 6. The van der Waals surface area contributed by atoms with Crippen LogP contribution in [0.15, 0.2) is 107 Å². The van der Waals surface area contributed by atoms with Crippen LogP contribution in [0.25, 0.3) is 10.8 Å². The number of carbonyl (C=O) groups excluding carboxylic acids is 3. The molecule has 0 aromatic heterocycles. The zero-order valence-corrected chi connectivity index (χ0v) is 45.0. The summed E-state index contributed by atoms with van der Waals surface area (Å²) in [6.07, 6.45) is 6.18. The van der Waals surface area contributed by atoms with Gasteiger partial charge in [-0.3, -0.25) is 29.3 Å². The Morgan fingerprint density at radius 2 is 1.43 bits per heavy atom. The van der Waals surface area contributed by atoms with E-state index in [1.165, 1.54) is 27.2 Å². The molecule has 1 unspecified atom stereocenters. The van der Waals surface area contributed by atoms with E-state index >= 15 is 4.79 Å². The first-order valence-corrected chi connectivity index (χ1v) is 25.6. The molecule has 4 bridgehead atoms. The molecule has 4 aliphatic heterocycles. The van der Waals surface area contributed by atoms with Crippen molar-refractivity contribution in [1.82, 2.24) is 4.90 Å². The summed E-state index contributed by atoms with van der Waals surface area (Å²) < 4.78 is 35.5. The molecular formula is C59H70N4O13. The SMILES string of the molecule is C=CCN1[C@@H](c2ccc(OC)cc2)CC2(C[C@H]1c1ccc(OC)cc1)N=c1c3c(O)c4c(O)c(C)c5c(c4c1=N2)C(=O)[C@@](C)(O/C=C/[C@H](OC)[C@@H](C)[C@@H](OC(C)=O)[C@H](C)[C@H](O)[C@H](C)[C@@H](O)[C@@H](C)/C=C/C=C(/C)C(=O)N3)O5. The molecule has 17 heteroatoms. The fourth-order valence-electron chi connectivity index (χ4n) is 11.4. The van der Waals surface area contributed by atoms with Crippen molar-refractivity contribution in [3.05, 3.63) is 130 Å². The van der Waals surface area contributed by atoms with Crippen molar-refractivity contribution in [1.29, 1.82) is 0 Å². The Hall–Kier alpha value is -7.05. The van der Waals surface area contributed by atoms with E-state index < -0.39 is 88.7 Å². The summed E-state index contributed by atoms with van der Waals surface area (Å²) >= 11 is 0. The van der Waals surface area contributed by atoms with Gasteiger partial charge in [0.15, 0.2) is 11.4 Å². The number of nitrogens with zero attached hydrogens (tertiary/aromatic N) is 3. The Balaban J connectivity index is 1.36. The van der Waals surface area contributed by atoms with Gasteiger partial charge in [-0.25, -0.2) is 0 Å². The highest BCUT2D eigenvalue weighted by Crippen LogP contribution is 2.52. The summed E-state index contributed by atoms with van der Waals surface area (Å²) in [6, 6.07) is 14.8. The Labute approximate surface area is 442 Å². The molecular weight excluding hydrogens is 973 g/mol. The minimum atomic E-state index is -2.05. The Bertz CT molecular complexity index is 3080. The van der Waals surface area contributed by atoms with Crippen molar-refractivity contribution >= 4 is 34.1 Å². The third kappa shape index (κ3) is 10.1. The van der Waals surface area contributed by atoms with Gasteiger partial charge in [0.25, 0.3) is 11.7 Å². The normalized spacial score (nSPS) is 31.5. The minimum Gasteiger partial charge on any atom is -0.507 e. The standard InChI is InChI=1S/C59H70N4O13/c1-13-26-63-41(37-17-21-39(71-10)22-18-37)28-59(29-42(63)38-19-23-40(72-11)24-20-38)61-47-44-45-52(67)35(7)55-46(44)56(69)58(9,76-55)74-27-25-43(73-12)32(4)54(75-36(8)64)34(6)51(66)33(5)50(65)30(2)15-14-16-31(3)57(70)60-49(53(45)68)48(47)62-59/h13-25,27,30,32-34,41-43,50-51,54,65-68H,1,26,28-29H2,2-12H3,(H,60,70)/b15-14+,27-25+,31-16-/t30-,32+,33+,34+,41-,42+,43-,50-,51+,54+,58-,59?/m0/s1. The third-order valence-electron chi connectivity index (χ3n) is 15.8. The molecule has 1 amide bonds. The van der Waals surface area contributed by atoms with Crippen molar-refractivity contribution in [3.8, 4) is 28.7 Å². The Morgan fingerprint density at radius 1 is 0.842 bits per heavy atom. The van der Waals surface area contributed by atoms with E-state index in [0.29, 0.717) is 30.9 Å². The average Bonchev–Trinajstić information content (AvgIpc) is 3.95. The number of ketones is 1. The van der Waals surface area contributed by atoms with Gasteiger partial charge in [-0.1, -0.05) is 76.3 Å². The predicted molar refractivity (Wildman–Crippen MR) is 285 cm³/mol. The monoisotopic (exact) mass is 1040 g/mol. The number of carbonyl (C=O) groups is 3. The molecule has 0 radical (unpaired) electrons. The van der Waals surface area contributed by atoms with Crippen LogP contribution in [0.1, 0.15) is 100 Å². The first-order valence-electron chi connectivity index (χ1n) is 25.6. The van der Waals surface area contributed by atoms with Gasteiger partial charge < -0.3 is 54.2 Å². The molecule has 0 saturated carbocycles. The number of hydrogen-bond donors (Lipinski definition) is 5. The first kappa shape index (κ1) is 55.2. The molecule has 4 aromatic rings. The maximum Gasteiger partial charge on any atom is 0.312 e. The number of aliphatic hydroxyl groups excluding tert-OH is 2. The van der Waals surface area contributed by atoms with Crippen LogP contribution >= 0.6 is 0 Å². The molecule has 8 rings (SSSR count). The number of esters is 1. The minimum absolute atomic E-state index is 0.00975. The molecule has 0 aliphatic carbocycles. The smallest absolute Gasteiger partial charge is 0.312 e. The molecule has 4 aromatic carbocycles. The Kier molecular flexibility index (Phi) is 15.9. The lowest BCUT2D eigenvalue weighted by Crippen LogP contribution is -2.46. The Morgan fingerprint density at radius 3 is 1.99 bits per heavy atom. The number of phenols is 2. The van der Waals surface area contributed by atoms with Gasteiger partial charge in [0.05, 0.1) is 55.1 Å². The highest BCUT2D eigenvalue weighted by molar-refractivity contribution is 6.19. The topological polar surface area (TPSA) is 227 Å². The number of benzene rings is 4. The van der Waals surface area contributed by atoms with Crippen molar-refractivity contribution < 1.29 is 63.2 Å². The average molecular weight is 1040 g/mol. The summed E-state index contributed by atoms with van der Waals surface area (Å²) in [6.45, 7) is 17.4.